The van der Waals surface area contributed by atoms with Crippen LogP contribution in [0.15, 0.2) is 48.5 Å². The number of benzene rings is 2. The Hall–Kier alpha value is -4.58. The Balaban J connectivity index is 1.14. The number of nitrogens with zero attached hydrogens (tertiary/aromatic N) is 4. The Labute approximate surface area is 279 Å². The quantitative estimate of drug-likeness (QED) is 0.337. The lowest BCUT2D eigenvalue weighted by atomic mass is 9.97. The molecule has 0 bridgehead atoms. The summed E-state index contributed by atoms with van der Waals surface area (Å²) >= 11 is 0. The lowest BCUT2D eigenvalue weighted by molar-refractivity contribution is -0.138. The van der Waals surface area contributed by atoms with Crippen LogP contribution < -0.4 is 20.3 Å². The molecule has 1 saturated carbocycles. The zero-order valence-electron chi connectivity index (χ0n) is 27.5. The number of anilines is 1. The number of amides is 3. The molecule has 2 aliphatic heterocycles. The maximum absolute atomic E-state index is 14.7. The van der Waals surface area contributed by atoms with Gasteiger partial charge in [0.25, 0.3) is 5.91 Å². The number of fused-ring (bicyclic) bond motifs is 1. The van der Waals surface area contributed by atoms with Crippen molar-refractivity contribution >= 4 is 40.4 Å². The Bertz CT molecular complexity index is 1720. The summed E-state index contributed by atoms with van der Waals surface area (Å²) in [5.74, 6) is -0.805. The normalized spacial score (nSPS) is 20.7. The average Bonchev–Trinajstić information content (AvgIpc) is 3.83. The molecule has 2 aromatic carbocycles. The van der Waals surface area contributed by atoms with E-state index in [9.17, 15) is 23.2 Å². The van der Waals surface area contributed by atoms with Crippen molar-refractivity contribution in [2.75, 3.05) is 58.3 Å². The first-order chi connectivity index (χ1) is 23.1. The van der Waals surface area contributed by atoms with Crippen LogP contribution in [0, 0.1) is 11.7 Å². The summed E-state index contributed by atoms with van der Waals surface area (Å²) in [6.45, 7) is 4.84. The van der Waals surface area contributed by atoms with Crippen LogP contribution in [0.3, 0.4) is 0 Å². The SMILES string of the molecule is COc1cc([C@H](C)NC(=O)[C@@H]2C[C@@H](F)CN2C(=O)CNC(=O)c2ccc3cc(F)ccc3n2)c(/C=C/C2CC2)cc1N1CCN(C)CC1. The third-order valence-electron chi connectivity index (χ3n) is 9.38. The number of halogens is 2. The zero-order valence-corrected chi connectivity index (χ0v) is 27.5. The van der Waals surface area contributed by atoms with Crippen molar-refractivity contribution in [2.24, 2.45) is 5.92 Å². The molecule has 6 rings (SSSR count). The van der Waals surface area contributed by atoms with Gasteiger partial charge in [-0.15, -0.1) is 0 Å². The number of piperazine rings is 1. The second-order valence-corrected chi connectivity index (χ2v) is 13.0. The molecule has 2 saturated heterocycles. The van der Waals surface area contributed by atoms with E-state index in [0.29, 0.717) is 22.6 Å². The molecular weight excluding hydrogens is 618 g/mol. The molecule has 254 valence electrons. The maximum atomic E-state index is 14.7. The van der Waals surface area contributed by atoms with Crippen LogP contribution in [0.25, 0.3) is 17.0 Å². The van der Waals surface area contributed by atoms with Gasteiger partial charge in [0.1, 0.15) is 29.5 Å². The van der Waals surface area contributed by atoms with Gasteiger partial charge in [-0.3, -0.25) is 14.4 Å². The van der Waals surface area contributed by atoms with Gasteiger partial charge in [-0.05, 0) is 80.3 Å². The highest BCUT2D eigenvalue weighted by molar-refractivity contribution is 5.97. The number of hydrogen-bond acceptors (Lipinski definition) is 7. The van der Waals surface area contributed by atoms with E-state index in [4.69, 9.17) is 4.74 Å². The van der Waals surface area contributed by atoms with Crippen LogP contribution in [-0.2, 0) is 9.59 Å². The van der Waals surface area contributed by atoms with Crippen molar-refractivity contribution in [1.29, 1.82) is 0 Å². The molecule has 3 atom stereocenters. The first-order valence-corrected chi connectivity index (χ1v) is 16.5. The number of pyridine rings is 1. The molecule has 2 N–H and O–H groups in total. The molecule has 3 aromatic rings. The van der Waals surface area contributed by atoms with E-state index in [-0.39, 0.29) is 18.7 Å². The van der Waals surface area contributed by atoms with E-state index in [1.54, 1.807) is 13.2 Å². The lowest BCUT2D eigenvalue weighted by Gasteiger charge is -2.35. The molecule has 1 aromatic heterocycles. The highest BCUT2D eigenvalue weighted by Crippen LogP contribution is 2.37. The number of likely N-dealkylation sites (tertiary alicyclic amines) is 1. The average molecular weight is 661 g/mol. The molecule has 0 radical (unpaired) electrons. The summed E-state index contributed by atoms with van der Waals surface area (Å²) in [7, 11) is 3.75. The predicted octanol–water partition coefficient (Wildman–Crippen LogP) is 4.10. The van der Waals surface area contributed by atoms with Gasteiger partial charge in [0, 0.05) is 38.0 Å². The van der Waals surface area contributed by atoms with Crippen molar-refractivity contribution in [2.45, 2.75) is 44.4 Å². The van der Waals surface area contributed by atoms with Gasteiger partial charge < -0.3 is 30.1 Å². The van der Waals surface area contributed by atoms with Crippen LogP contribution >= 0.6 is 0 Å². The summed E-state index contributed by atoms with van der Waals surface area (Å²) in [6, 6.07) is 9.63. The Morgan fingerprint density at radius 2 is 1.85 bits per heavy atom. The van der Waals surface area contributed by atoms with Crippen LogP contribution in [0.2, 0.25) is 0 Å². The highest BCUT2D eigenvalue weighted by Gasteiger charge is 2.40. The summed E-state index contributed by atoms with van der Waals surface area (Å²) in [5.41, 5.74) is 3.32. The van der Waals surface area contributed by atoms with E-state index in [1.807, 2.05) is 13.0 Å². The Morgan fingerprint density at radius 3 is 2.58 bits per heavy atom. The number of ether oxygens (including phenoxy) is 1. The van der Waals surface area contributed by atoms with Crippen molar-refractivity contribution in [3.05, 3.63) is 71.2 Å². The van der Waals surface area contributed by atoms with Crippen molar-refractivity contribution < 1.29 is 27.9 Å². The van der Waals surface area contributed by atoms with Gasteiger partial charge in [0.05, 0.1) is 37.4 Å². The second-order valence-electron chi connectivity index (χ2n) is 13.0. The molecule has 10 nitrogen and oxygen atoms in total. The van der Waals surface area contributed by atoms with Crippen molar-refractivity contribution in [1.82, 2.24) is 25.4 Å². The van der Waals surface area contributed by atoms with Crippen molar-refractivity contribution in [3.8, 4) is 5.75 Å². The number of allylic oxidation sites excluding steroid dienone is 1. The van der Waals surface area contributed by atoms with Crippen LogP contribution in [0.1, 0.15) is 53.8 Å². The molecule has 1 aliphatic carbocycles. The van der Waals surface area contributed by atoms with E-state index >= 15 is 0 Å². The molecule has 3 aliphatic rings. The molecular formula is C36H42F2N6O4. The molecule has 3 fully saturated rings. The van der Waals surface area contributed by atoms with Gasteiger partial charge in [-0.1, -0.05) is 18.2 Å². The van der Waals surface area contributed by atoms with Gasteiger partial charge in [-0.2, -0.15) is 0 Å². The summed E-state index contributed by atoms with van der Waals surface area (Å²) in [4.78, 5) is 49.7. The maximum Gasteiger partial charge on any atom is 0.270 e. The van der Waals surface area contributed by atoms with E-state index in [0.717, 1.165) is 55.8 Å². The number of alkyl halides is 1. The molecule has 12 heteroatoms. The smallest absolute Gasteiger partial charge is 0.270 e. The first-order valence-electron chi connectivity index (χ1n) is 16.5. The molecule has 0 unspecified atom stereocenters. The summed E-state index contributed by atoms with van der Waals surface area (Å²) in [5, 5.41) is 6.08. The minimum Gasteiger partial charge on any atom is -0.495 e. The lowest BCUT2D eigenvalue weighted by Crippen LogP contribution is -2.49. The van der Waals surface area contributed by atoms with Crippen molar-refractivity contribution in [3.63, 3.8) is 0 Å². The monoisotopic (exact) mass is 660 g/mol. The van der Waals surface area contributed by atoms with Gasteiger partial charge in [0.15, 0.2) is 0 Å². The number of aromatic nitrogens is 1. The number of rotatable bonds is 10. The fourth-order valence-corrected chi connectivity index (χ4v) is 6.37. The van der Waals surface area contributed by atoms with Crippen LogP contribution in [0.5, 0.6) is 5.75 Å². The predicted molar refractivity (Wildman–Crippen MR) is 180 cm³/mol. The fraction of sp³-hybridized carbons (Fsp3) is 0.444. The third-order valence-corrected chi connectivity index (χ3v) is 9.38. The number of carbonyl (C=O) groups is 3. The molecule has 0 spiro atoms. The largest absolute Gasteiger partial charge is 0.495 e. The van der Waals surface area contributed by atoms with Gasteiger partial charge in [0.2, 0.25) is 11.8 Å². The number of methoxy groups -OCH3 is 1. The molecule has 3 amide bonds. The number of likely N-dealkylation sites (N-methyl/N-ethyl adjacent to an activating group) is 1. The summed E-state index contributed by atoms with van der Waals surface area (Å²) < 4.78 is 34.0. The fourth-order valence-electron chi connectivity index (χ4n) is 6.37. The minimum absolute atomic E-state index is 0.0513. The standard InChI is InChI=1S/C36H42F2N6O4/c1-22(28-19-33(48-3)31(43-14-12-42(2)13-15-43)17-24(28)7-6-23-4-5-23)40-36(47)32-18-27(38)21-44(32)34(45)20-39-35(46)30-10-8-25-16-26(37)9-11-29(25)41-30/h6-11,16-17,19,22-23,27,32H,4-5,12-15,18,20-21H2,1-3H3,(H,39,46)(H,40,47)/b7-6+/t22-,27+,32-/m0/s1. The van der Waals surface area contributed by atoms with Crippen LogP contribution in [-0.4, -0.2) is 98.1 Å². The van der Waals surface area contributed by atoms with Gasteiger partial charge >= 0.3 is 0 Å². The van der Waals surface area contributed by atoms with Crippen LogP contribution in [0.4, 0.5) is 14.5 Å². The third kappa shape index (κ3) is 7.59. The summed E-state index contributed by atoms with van der Waals surface area (Å²) in [6.07, 6.45) is 5.13. The van der Waals surface area contributed by atoms with Gasteiger partial charge in [-0.25, -0.2) is 13.8 Å². The molecule has 48 heavy (non-hydrogen) atoms. The Kier molecular flexibility index (Phi) is 9.91. The van der Waals surface area contributed by atoms with E-state index < -0.39 is 48.3 Å². The minimum atomic E-state index is -1.38. The number of carbonyl (C=O) groups excluding carboxylic acids is 3. The first kappa shape index (κ1) is 33.3. The zero-order chi connectivity index (χ0) is 33.9. The van der Waals surface area contributed by atoms with E-state index in [1.165, 1.54) is 29.2 Å². The highest BCUT2D eigenvalue weighted by atomic mass is 19.1. The number of nitrogens with one attached hydrogen (secondary N) is 2. The second kappa shape index (κ2) is 14.3. The number of hydrogen-bond donors (Lipinski definition) is 2. The Morgan fingerprint density at radius 1 is 1.08 bits per heavy atom. The van der Waals surface area contributed by atoms with E-state index in [2.05, 4.69) is 50.7 Å². The topological polar surface area (TPSA) is 107 Å². The molecule has 3 heterocycles.